The first-order chi connectivity index (χ1) is 14.0. The number of carbonyl (C=O) groups excluding carboxylic acids is 2. The van der Waals surface area contributed by atoms with E-state index in [0.29, 0.717) is 12.8 Å². The van der Waals surface area contributed by atoms with Crippen LogP contribution in [0.25, 0.3) is 0 Å². The van der Waals surface area contributed by atoms with Gasteiger partial charge in [-0.15, -0.1) is 0 Å². The lowest BCUT2D eigenvalue weighted by Crippen LogP contribution is -2.31. The molecule has 2 heterocycles. The largest absolute Gasteiger partial charge is 0.510 e. The summed E-state index contributed by atoms with van der Waals surface area (Å²) in [4.78, 5) is 24.8. The zero-order valence-electron chi connectivity index (χ0n) is 15.8. The highest BCUT2D eigenvalue weighted by Gasteiger charge is 2.37. The Morgan fingerprint density at radius 1 is 0.655 bits per heavy atom. The Morgan fingerprint density at radius 3 is 1.41 bits per heavy atom. The minimum absolute atomic E-state index is 0.0709. The Balaban J connectivity index is 1.52. The number of aliphatic hydroxyl groups excluding tert-OH is 2. The minimum Gasteiger partial charge on any atom is -0.510 e. The highest BCUT2D eigenvalue weighted by Crippen LogP contribution is 2.29. The predicted molar refractivity (Wildman–Crippen MR) is 108 cm³/mol. The van der Waals surface area contributed by atoms with Crippen LogP contribution in [0, 0.1) is 0 Å². The van der Waals surface area contributed by atoms with E-state index in [4.69, 9.17) is 0 Å². The maximum absolute atomic E-state index is 12.4. The van der Waals surface area contributed by atoms with Crippen molar-refractivity contribution in [1.29, 1.82) is 0 Å². The van der Waals surface area contributed by atoms with Gasteiger partial charge in [-0.2, -0.15) is 0 Å². The molecular formula is C23H22N2O4. The van der Waals surface area contributed by atoms with Crippen molar-refractivity contribution in [2.45, 2.75) is 31.3 Å². The van der Waals surface area contributed by atoms with Gasteiger partial charge in [-0.05, 0) is 24.0 Å². The zero-order chi connectivity index (χ0) is 20.4. The molecule has 0 radical (unpaired) electrons. The second-order valence-corrected chi connectivity index (χ2v) is 7.34. The normalized spacial score (nSPS) is 21.5. The SMILES string of the molecule is O=C1N[C@@H](Cc2ccccc2)C(O)=C1CC1=C(O)[C@H](Cc2ccccc2)NC1=O. The number of aliphatic hydroxyl groups is 2. The van der Waals surface area contributed by atoms with Crippen LogP contribution < -0.4 is 10.6 Å². The van der Waals surface area contributed by atoms with E-state index < -0.39 is 23.9 Å². The number of amides is 2. The number of hydrogen-bond acceptors (Lipinski definition) is 4. The van der Waals surface area contributed by atoms with Crippen molar-refractivity contribution in [2.75, 3.05) is 0 Å². The third kappa shape index (κ3) is 3.87. The van der Waals surface area contributed by atoms with Crippen molar-refractivity contribution in [1.82, 2.24) is 10.6 Å². The van der Waals surface area contributed by atoms with Crippen molar-refractivity contribution < 1.29 is 19.8 Å². The van der Waals surface area contributed by atoms with Crippen LogP contribution in [0.2, 0.25) is 0 Å². The molecule has 6 heteroatoms. The van der Waals surface area contributed by atoms with E-state index in [2.05, 4.69) is 10.6 Å². The molecule has 2 aliphatic rings. The van der Waals surface area contributed by atoms with Crippen LogP contribution in [-0.2, 0) is 22.4 Å². The molecule has 2 aromatic rings. The average molecular weight is 390 g/mol. The minimum atomic E-state index is -0.535. The van der Waals surface area contributed by atoms with E-state index >= 15 is 0 Å². The van der Waals surface area contributed by atoms with Crippen LogP contribution in [0.15, 0.2) is 83.3 Å². The number of nitrogens with one attached hydrogen (secondary N) is 2. The first-order valence-corrected chi connectivity index (χ1v) is 9.56. The molecule has 29 heavy (non-hydrogen) atoms. The molecule has 4 N–H and O–H groups in total. The summed E-state index contributed by atoms with van der Waals surface area (Å²) in [5, 5.41) is 26.7. The smallest absolute Gasteiger partial charge is 0.251 e. The van der Waals surface area contributed by atoms with Gasteiger partial charge in [0.2, 0.25) is 0 Å². The van der Waals surface area contributed by atoms with Gasteiger partial charge in [0.15, 0.2) is 0 Å². The van der Waals surface area contributed by atoms with Crippen molar-refractivity contribution in [3.8, 4) is 0 Å². The number of benzene rings is 2. The Morgan fingerprint density at radius 2 is 1.03 bits per heavy atom. The molecule has 148 valence electrons. The molecule has 0 aromatic heterocycles. The predicted octanol–water partition coefficient (Wildman–Crippen LogP) is 2.48. The lowest BCUT2D eigenvalue weighted by atomic mass is 9.99. The topological polar surface area (TPSA) is 98.7 Å². The van der Waals surface area contributed by atoms with Gasteiger partial charge < -0.3 is 20.8 Å². The van der Waals surface area contributed by atoms with Crippen molar-refractivity contribution in [3.05, 3.63) is 94.5 Å². The highest BCUT2D eigenvalue weighted by atomic mass is 16.3. The van der Waals surface area contributed by atoms with Gasteiger partial charge in [0.25, 0.3) is 11.8 Å². The molecule has 2 atom stereocenters. The highest BCUT2D eigenvalue weighted by molar-refractivity contribution is 6.03. The summed E-state index contributed by atoms with van der Waals surface area (Å²) >= 11 is 0. The lowest BCUT2D eigenvalue weighted by molar-refractivity contribution is -0.117. The van der Waals surface area contributed by atoms with Crippen LogP contribution in [0.3, 0.4) is 0 Å². The average Bonchev–Trinajstić information content (AvgIpc) is 3.14. The van der Waals surface area contributed by atoms with E-state index in [1.807, 2.05) is 60.7 Å². The van der Waals surface area contributed by atoms with Gasteiger partial charge >= 0.3 is 0 Å². The first kappa shape index (κ1) is 18.8. The fraction of sp³-hybridized carbons (Fsp3) is 0.217. The van der Waals surface area contributed by atoms with Crippen molar-refractivity contribution in [3.63, 3.8) is 0 Å². The molecule has 0 saturated heterocycles. The van der Waals surface area contributed by atoms with Gasteiger partial charge in [-0.1, -0.05) is 60.7 Å². The third-order valence-electron chi connectivity index (χ3n) is 5.36. The molecule has 0 bridgehead atoms. The molecule has 0 aliphatic carbocycles. The Bertz CT molecular complexity index is 915. The summed E-state index contributed by atoms with van der Waals surface area (Å²) in [6, 6.07) is 18.0. The monoisotopic (exact) mass is 390 g/mol. The van der Waals surface area contributed by atoms with Gasteiger partial charge in [-0.25, -0.2) is 0 Å². The summed E-state index contributed by atoms with van der Waals surface area (Å²) < 4.78 is 0. The standard InChI is InChI=1S/C23H22N2O4/c26-20-16(22(28)24-18(20)11-14-7-3-1-4-8-14)13-17-21(27)19(25-23(17)29)12-15-9-5-2-6-10-15/h1-10,18-19,26-27H,11-13H2,(H,24,28)(H,25,29)/t18-,19-/m0/s1. The third-order valence-corrected chi connectivity index (χ3v) is 5.36. The summed E-state index contributed by atoms with van der Waals surface area (Å²) in [6.45, 7) is 0. The zero-order valence-corrected chi connectivity index (χ0v) is 15.8. The Kier molecular flexibility index (Phi) is 5.08. The van der Waals surface area contributed by atoms with E-state index in [9.17, 15) is 19.8 Å². The fourth-order valence-electron chi connectivity index (χ4n) is 3.79. The van der Waals surface area contributed by atoms with Crippen LogP contribution >= 0.6 is 0 Å². The molecule has 0 saturated carbocycles. The molecular weight excluding hydrogens is 368 g/mol. The Hall–Kier alpha value is -3.54. The van der Waals surface area contributed by atoms with Gasteiger partial charge in [-0.3, -0.25) is 9.59 Å². The number of carbonyl (C=O) groups is 2. The van der Waals surface area contributed by atoms with Crippen LogP contribution in [0.5, 0.6) is 0 Å². The lowest BCUT2D eigenvalue weighted by Gasteiger charge is -2.11. The summed E-state index contributed by atoms with van der Waals surface area (Å²) in [5.74, 6) is -0.969. The van der Waals surface area contributed by atoms with Gasteiger partial charge in [0.1, 0.15) is 11.5 Å². The summed E-state index contributed by atoms with van der Waals surface area (Å²) in [6.07, 6.45) is 0.803. The number of rotatable bonds is 6. The molecule has 4 rings (SSSR count). The van der Waals surface area contributed by atoms with Gasteiger partial charge in [0, 0.05) is 6.42 Å². The molecule has 0 unspecified atom stereocenters. The molecule has 0 fully saturated rings. The molecule has 6 nitrogen and oxygen atoms in total. The molecule has 2 aromatic carbocycles. The maximum atomic E-state index is 12.4. The van der Waals surface area contributed by atoms with E-state index in [1.54, 1.807) is 0 Å². The van der Waals surface area contributed by atoms with Crippen molar-refractivity contribution in [2.24, 2.45) is 0 Å². The van der Waals surface area contributed by atoms with Crippen LogP contribution in [0.4, 0.5) is 0 Å². The van der Waals surface area contributed by atoms with Crippen molar-refractivity contribution >= 4 is 11.8 Å². The van der Waals surface area contributed by atoms with Crippen LogP contribution in [0.1, 0.15) is 17.5 Å². The molecule has 0 spiro atoms. The quantitative estimate of drug-likeness (QED) is 0.609. The molecule has 2 aliphatic heterocycles. The fourth-order valence-corrected chi connectivity index (χ4v) is 3.79. The first-order valence-electron chi connectivity index (χ1n) is 9.56. The van der Waals surface area contributed by atoms with Crippen LogP contribution in [-0.4, -0.2) is 34.1 Å². The van der Waals surface area contributed by atoms with E-state index in [1.165, 1.54) is 0 Å². The molecule has 2 amide bonds. The summed E-state index contributed by atoms with van der Waals surface area (Å²) in [5.41, 5.74) is 2.22. The second kappa shape index (κ2) is 7.83. The Labute approximate surface area is 168 Å². The van der Waals surface area contributed by atoms with E-state index in [-0.39, 0.29) is 29.1 Å². The maximum Gasteiger partial charge on any atom is 0.251 e. The second-order valence-electron chi connectivity index (χ2n) is 7.34. The van der Waals surface area contributed by atoms with E-state index in [0.717, 1.165) is 11.1 Å². The van der Waals surface area contributed by atoms with Gasteiger partial charge in [0.05, 0.1) is 23.2 Å². The summed E-state index contributed by atoms with van der Waals surface area (Å²) in [7, 11) is 0. The number of hydrogen-bond donors (Lipinski definition) is 4.